The predicted molar refractivity (Wildman–Crippen MR) is 105 cm³/mol. The average Bonchev–Trinajstić information content (AvgIpc) is 2.61. The molecule has 2 rings (SSSR count). The fraction of sp³-hybridized carbons (Fsp3) is 0.600. The first-order valence-electron chi connectivity index (χ1n) is 9.35. The lowest BCUT2D eigenvalue weighted by Gasteiger charge is -2.28. The molecule has 1 aliphatic rings. The van der Waals surface area contributed by atoms with E-state index in [9.17, 15) is 4.79 Å². The van der Waals surface area contributed by atoms with E-state index in [2.05, 4.69) is 27.9 Å². The van der Waals surface area contributed by atoms with Crippen molar-refractivity contribution in [2.75, 3.05) is 12.4 Å². The summed E-state index contributed by atoms with van der Waals surface area (Å²) in [7, 11) is 1.81. The predicted octanol–water partition coefficient (Wildman–Crippen LogP) is 3.52. The molecule has 3 N–H and O–H groups in total. The van der Waals surface area contributed by atoms with Gasteiger partial charge in [0.15, 0.2) is 5.96 Å². The van der Waals surface area contributed by atoms with Crippen LogP contribution >= 0.6 is 0 Å². The first kappa shape index (κ1) is 19.3. The van der Waals surface area contributed by atoms with Gasteiger partial charge in [0.25, 0.3) is 0 Å². The van der Waals surface area contributed by atoms with Crippen LogP contribution in [0.25, 0.3) is 0 Å². The Morgan fingerprint density at radius 1 is 1.16 bits per heavy atom. The Labute approximate surface area is 151 Å². The molecule has 0 unspecified atom stereocenters. The van der Waals surface area contributed by atoms with Gasteiger partial charge in [0.1, 0.15) is 0 Å². The molecule has 1 aromatic carbocycles. The Morgan fingerprint density at radius 2 is 1.80 bits per heavy atom. The van der Waals surface area contributed by atoms with Crippen molar-refractivity contribution < 1.29 is 4.79 Å². The van der Waals surface area contributed by atoms with Crippen molar-refractivity contribution in [3.05, 3.63) is 29.8 Å². The van der Waals surface area contributed by atoms with E-state index in [0.717, 1.165) is 23.1 Å². The molecule has 1 aromatic rings. The molecule has 0 atom stereocenters. The van der Waals surface area contributed by atoms with Crippen LogP contribution in [0.4, 0.5) is 5.69 Å². The highest BCUT2D eigenvalue weighted by Gasteiger charge is 2.18. The highest BCUT2D eigenvalue weighted by Crippen LogP contribution is 2.23. The van der Waals surface area contributed by atoms with E-state index < -0.39 is 0 Å². The molecule has 0 heterocycles. The molecule has 1 amide bonds. The van der Waals surface area contributed by atoms with E-state index in [4.69, 9.17) is 0 Å². The van der Waals surface area contributed by atoms with Crippen molar-refractivity contribution in [2.24, 2.45) is 16.8 Å². The lowest BCUT2D eigenvalue weighted by Crippen LogP contribution is -2.44. The van der Waals surface area contributed by atoms with Gasteiger partial charge >= 0.3 is 0 Å². The number of amides is 1. The molecule has 0 saturated heterocycles. The molecule has 0 bridgehead atoms. The van der Waals surface area contributed by atoms with Gasteiger partial charge in [0.2, 0.25) is 5.91 Å². The molecule has 25 heavy (non-hydrogen) atoms. The van der Waals surface area contributed by atoms with Crippen molar-refractivity contribution in [1.29, 1.82) is 0 Å². The zero-order valence-electron chi connectivity index (χ0n) is 15.9. The number of benzene rings is 1. The number of guanidine groups is 1. The second-order valence-corrected chi connectivity index (χ2v) is 7.37. The molecule has 1 saturated carbocycles. The maximum absolute atomic E-state index is 11.7. The highest BCUT2D eigenvalue weighted by atomic mass is 16.1. The number of anilines is 1. The second-order valence-electron chi connectivity index (χ2n) is 7.37. The summed E-state index contributed by atoms with van der Waals surface area (Å²) >= 11 is 0. The standard InChI is InChI=1S/C20H32N4O/c1-14(2)19(25)23-17-11-7-16(8-12-17)13-22-20(21-4)24-18-9-5-15(3)6-10-18/h7-8,11-12,14-15,18H,5-6,9-10,13H2,1-4H3,(H,23,25)(H2,21,22,24). The van der Waals surface area contributed by atoms with Crippen LogP contribution in [0, 0.1) is 11.8 Å². The smallest absolute Gasteiger partial charge is 0.226 e. The lowest BCUT2D eigenvalue weighted by atomic mass is 9.87. The summed E-state index contributed by atoms with van der Waals surface area (Å²) in [6.07, 6.45) is 5.01. The lowest BCUT2D eigenvalue weighted by molar-refractivity contribution is -0.118. The third kappa shape index (κ3) is 6.40. The highest BCUT2D eigenvalue weighted by molar-refractivity contribution is 5.92. The molecule has 5 nitrogen and oxygen atoms in total. The second kappa shape index (κ2) is 9.44. The van der Waals surface area contributed by atoms with Crippen LogP contribution in [-0.4, -0.2) is 25.0 Å². The Kier molecular flexibility index (Phi) is 7.29. The van der Waals surface area contributed by atoms with Gasteiger partial charge in [-0.1, -0.05) is 32.9 Å². The zero-order valence-corrected chi connectivity index (χ0v) is 15.9. The number of aliphatic imine (C=N–C) groups is 1. The third-order valence-corrected chi connectivity index (χ3v) is 4.79. The molecule has 138 valence electrons. The van der Waals surface area contributed by atoms with E-state index >= 15 is 0 Å². The van der Waals surface area contributed by atoms with Crippen LogP contribution in [-0.2, 0) is 11.3 Å². The fourth-order valence-electron chi connectivity index (χ4n) is 2.97. The van der Waals surface area contributed by atoms with E-state index in [0.29, 0.717) is 12.6 Å². The molecular weight excluding hydrogens is 312 g/mol. The normalized spacial score (nSPS) is 21.1. The summed E-state index contributed by atoms with van der Waals surface area (Å²) in [4.78, 5) is 16.0. The van der Waals surface area contributed by atoms with E-state index in [-0.39, 0.29) is 11.8 Å². The summed E-state index contributed by atoms with van der Waals surface area (Å²) in [5.41, 5.74) is 1.99. The van der Waals surface area contributed by atoms with Crippen LogP contribution in [0.1, 0.15) is 52.0 Å². The molecule has 0 radical (unpaired) electrons. The van der Waals surface area contributed by atoms with Gasteiger partial charge in [-0.3, -0.25) is 9.79 Å². The van der Waals surface area contributed by atoms with Crippen molar-refractivity contribution >= 4 is 17.6 Å². The number of hydrogen-bond donors (Lipinski definition) is 3. The molecule has 1 aliphatic carbocycles. The monoisotopic (exact) mass is 344 g/mol. The zero-order chi connectivity index (χ0) is 18.2. The number of hydrogen-bond acceptors (Lipinski definition) is 2. The summed E-state index contributed by atoms with van der Waals surface area (Å²) in [5.74, 6) is 1.73. The molecule has 1 fully saturated rings. The minimum Gasteiger partial charge on any atom is -0.354 e. The van der Waals surface area contributed by atoms with Gasteiger partial charge in [0.05, 0.1) is 0 Å². The summed E-state index contributed by atoms with van der Waals surface area (Å²) < 4.78 is 0. The third-order valence-electron chi connectivity index (χ3n) is 4.79. The van der Waals surface area contributed by atoms with Crippen LogP contribution in [0.5, 0.6) is 0 Å². The SMILES string of the molecule is CN=C(NCc1ccc(NC(=O)C(C)C)cc1)NC1CCC(C)CC1. The van der Waals surface area contributed by atoms with Gasteiger partial charge in [-0.2, -0.15) is 0 Å². The Hall–Kier alpha value is -2.04. The summed E-state index contributed by atoms with van der Waals surface area (Å²) in [5, 5.41) is 9.81. The van der Waals surface area contributed by atoms with Gasteiger partial charge in [0, 0.05) is 31.2 Å². The van der Waals surface area contributed by atoms with Crippen molar-refractivity contribution in [1.82, 2.24) is 10.6 Å². The maximum atomic E-state index is 11.7. The van der Waals surface area contributed by atoms with Gasteiger partial charge in [-0.25, -0.2) is 0 Å². The van der Waals surface area contributed by atoms with E-state index in [1.54, 1.807) is 0 Å². The topological polar surface area (TPSA) is 65.5 Å². The van der Waals surface area contributed by atoms with E-state index in [1.807, 2.05) is 45.2 Å². The van der Waals surface area contributed by atoms with Crippen LogP contribution in [0.3, 0.4) is 0 Å². The molecule has 0 aromatic heterocycles. The number of carbonyl (C=O) groups excluding carboxylic acids is 1. The number of nitrogens with zero attached hydrogens (tertiary/aromatic N) is 1. The Bertz CT molecular complexity index is 572. The van der Waals surface area contributed by atoms with Crippen LogP contribution in [0.15, 0.2) is 29.3 Å². The Morgan fingerprint density at radius 3 is 2.36 bits per heavy atom. The molecular formula is C20H32N4O. The average molecular weight is 345 g/mol. The molecule has 0 spiro atoms. The van der Waals surface area contributed by atoms with E-state index in [1.165, 1.54) is 25.7 Å². The maximum Gasteiger partial charge on any atom is 0.226 e. The summed E-state index contributed by atoms with van der Waals surface area (Å²) in [6, 6.07) is 8.46. The van der Waals surface area contributed by atoms with Crippen LogP contribution < -0.4 is 16.0 Å². The van der Waals surface area contributed by atoms with Gasteiger partial charge in [-0.15, -0.1) is 0 Å². The van der Waals surface area contributed by atoms with Crippen molar-refractivity contribution in [3.8, 4) is 0 Å². The first-order chi connectivity index (χ1) is 12.0. The van der Waals surface area contributed by atoms with Gasteiger partial charge in [-0.05, 0) is 49.3 Å². The largest absolute Gasteiger partial charge is 0.354 e. The molecule has 0 aliphatic heterocycles. The summed E-state index contributed by atoms with van der Waals surface area (Å²) in [6.45, 7) is 6.82. The first-order valence-corrected chi connectivity index (χ1v) is 9.35. The Balaban J connectivity index is 1.80. The quantitative estimate of drug-likeness (QED) is 0.565. The van der Waals surface area contributed by atoms with Gasteiger partial charge < -0.3 is 16.0 Å². The number of nitrogens with one attached hydrogen (secondary N) is 3. The molecule has 5 heteroatoms. The number of rotatable bonds is 5. The number of carbonyl (C=O) groups is 1. The minimum absolute atomic E-state index is 0.0153. The minimum atomic E-state index is -0.0153. The fourth-order valence-corrected chi connectivity index (χ4v) is 2.97. The van der Waals surface area contributed by atoms with Crippen LogP contribution in [0.2, 0.25) is 0 Å². The van der Waals surface area contributed by atoms with Crippen molar-refractivity contribution in [3.63, 3.8) is 0 Å². The van der Waals surface area contributed by atoms with Crippen molar-refractivity contribution in [2.45, 2.75) is 59.0 Å².